The van der Waals surface area contributed by atoms with Crippen molar-refractivity contribution in [3.8, 4) is 11.4 Å². The molecule has 2 aliphatic rings. The fourth-order valence-corrected chi connectivity index (χ4v) is 4.93. The molecule has 0 unspecified atom stereocenters. The quantitative estimate of drug-likeness (QED) is 0.710. The van der Waals surface area contributed by atoms with E-state index < -0.39 is 5.54 Å². The van der Waals surface area contributed by atoms with E-state index in [1.165, 1.54) is 6.20 Å². The van der Waals surface area contributed by atoms with E-state index in [1.54, 1.807) is 13.1 Å². The van der Waals surface area contributed by atoms with Gasteiger partial charge in [-0.25, -0.2) is 9.78 Å². The van der Waals surface area contributed by atoms with Gasteiger partial charge in [0.15, 0.2) is 11.6 Å². The third-order valence-electron chi connectivity index (χ3n) is 6.12. The summed E-state index contributed by atoms with van der Waals surface area (Å²) in [5.41, 5.74) is 2.00. The molecule has 1 aliphatic heterocycles. The van der Waals surface area contributed by atoms with Crippen LogP contribution in [0.4, 0.5) is 10.5 Å². The third-order valence-corrected chi connectivity index (χ3v) is 6.12. The average Bonchev–Trinajstić information content (AvgIpc) is 3.16. The summed E-state index contributed by atoms with van der Waals surface area (Å²) in [5.74, 6) is 2.14. The first-order valence-corrected chi connectivity index (χ1v) is 10.1. The minimum absolute atomic E-state index is 0.157. The van der Waals surface area contributed by atoms with Gasteiger partial charge in [-0.3, -0.25) is 0 Å². The predicted molar refractivity (Wildman–Crippen MR) is 108 cm³/mol. The average molecular weight is 405 g/mol. The zero-order chi connectivity index (χ0) is 20.9. The third kappa shape index (κ3) is 2.92. The smallest absolute Gasteiger partial charge is 0.323 e. The van der Waals surface area contributed by atoms with Gasteiger partial charge in [0.2, 0.25) is 0 Å². The number of carbonyl (C=O) groups excluding carboxylic acids is 1. The molecule has 0 spiro atoms. The van der Waals surface area contributed by atoms with Gasteiger partial charge in [0.05, 0.1) is 6.20 Å². The van der Waals surface area contributed by atoms with E-state index in [9.17, 15) is 4.79 Å². The summed E-state index contributed by atoms with van der Waals surface area (Å²) >= 11 is 0. The van der Waals surface area contributed by atoms with Crippen molar-refractivity contribution in [2.45, 2.75) is 51.6 Å². The van der Waals surface area contributed by atoms with Crippen LogP contribution >= 0.6 is 0 Å². The number of carbonyl (C=O) groups is 1. The predicted octanol–water partition coefficient (Wildman–Crippen LogP) is 3.47. The number of likely N-dealkylation sites (tertiary alicyclic amines) is 1. The first kappa shape index (κ1) is 18.7. The van der Waals surface area contributed by atoms with Crippen LogP contribution in [-0.2, 0) is 5.54 Å². The molecule has 2 amide bonds. The van der Waals surface area contributed by atoms with Crippen LogP contribution in [0.5, 0.6) is 0 Å². The van der Waals surface area contributed by atoms with Crippen molar-refractivity contribution in [1.82, 2.24) is 30.2 Å². The molecule has 9 heteroatoms. The number of benzene rings is 1. The number of nitrogens with one attached hydrogen (secondary N) is 1. The summed E-state index contributed by atoms with van der Waals surface area (Å²) in [6.07, 6.45) is 5.79. The van der Waals surface area contributed by atoms with E-state index in [1.807, 2.05) is 30.0 Å². The molecule has 3 atom stereocenters. The van der Waals surface area contributed by atoms with Crippen LogP contribution in [0.25, 0.3) is 11.4 Å². The first-order chi connectivity index (χ1) is 14.5. The van der Waals surface area contributed by atoms with Crippen LogP contribution in [-0.4, -0.2) is 42.3 Å². The first-order valence-electron chi connectivity index (χ1n) is 10.1. The van der Waals surface area contributed by atoms with Crippen LogP contribution in [0.15, 0.2) is 35.1 Å². The van der Waals surface area contributed by atoms with Crippen molar-refractivity contribution in [1.29, 1.82) is 0 Å². The number of piperidine rings is 1. The van der Waals surface area contributed by atoms with E-state index in [0.717, 1.165) is 30.4 Å². The Morgan fingerprint density at radius 3 is 2.87 bits per heavy atom. The van der Waals surface area contributed by atoms with Crippen LogP contribution in [0.1, 0.15) is 43.5 Å². The van der Waals surface area contributed by atoms with Crippen LogP contribution < -0.4 is 5.32 Å². The Kier molecular flexibility index (Phi) is 4.27. The molecule has 5 rings (SSSR count). The topological polar surface area (TPSA) is 110 Å². The summed E-state index contributed by atoms with van der Waals surface area (Å²) in [4.78, 5) is 23.9. The van der Waals surface area contributed by atoms with Crippen molar-refractivity contribution in [3.63, 3.8) is 0 Å². The highest BCUT2D eigenvalue weighted by Gasteiger charge is 2.62. The van der Waals surface area contributed by atoms with E-state index in [-0.39, 0.29) is 12.1 Å². The zero-order valence-electron chi connectivity index (χ0n) is 17.2. The lowest BCUT2D eigenvalue weighted by molar-refractivity contribution is -0.111. The molecule has 1 saturated carbocycles. The Labute approximate surface area is 173 Å². The van der Waals surface area contributed by atoms with Crippen LogP contribution in [0.2, 0.25) is 0 Å². The maximum atomic E-state index is 13.3. The molecule has 2 fully saturated rings. The number of fused-ring (bicyclic) bond motifs is 2. The van der Waals surface area contributed by atoms with Gasteiger partial charge in [-0.15, -0.1) is 5.10 Å². The lowest BCUT2D eigenvalue weighted by Crippen LogP contribution is -2.70. The Morgan fingerprint density at radius 2 is 2.13 bits per heavy atom. The van der Waals surface area contributed by atoms with Gasteiger partial charge in [0.25, 0.3) is 5.89 Å². The van der Waals surface area contributed by atoms with Gasteiger partial charge >= 0.3 is 6.03 Å². The second-order valence-electron chi connectivity index (χ2n) is 8.38. The number of hydrogen-bond acceptors (Lipinski definition) is 7. The molecule has 30 heavy (non-hydrogen) atoms. The molecular weight excluding hydrogens is 382 g/mol. The highest BCUT2D eigenvalue weighted by atomic mass is 16.5. The summed E-state index contributed by atoms with van der Waals surface area (Å²) in [6, 6.07) is 5.72. The minimum atomic E-state index is -0.520. The van der Waals surface area contributed by atoms with Crippen molar-refractivity contribution < 1.29 is 9.32 Å². The Bertz CT molecular complexity index is 1100. The molecule has 2 aromatic heterocycles. The second kappa shape index (κ2) is 6.86. The molecule has 1 saturated heterocycles. The van der Waals surface area contributed by atoms with E-state index >= 15 is 0 Å². The van der Waals surface area contributed by atoms with Gasteiger partial charge in [0, 0.05) is 29.9 Å². The standard InChI is InChI=1S/C21H23N7O2/c1-12-8-16-11-21(10-12,19-24-14(3)27-30-19)28(16)20(29)25-15-5-4-13(2)17(9-15)18-22-6-7-23-26-18/h4-7,9,12,16H,8,10-11H2,1-3H3,(H,25,29)/t12-,16-,21+/m1/s1. The SMILES string of the molecule is Cc1noc([C@]23C[C@H](C)C[C@H](C2)N3C(=O)Nc2ccc(C)c(-c3nccnn3)c2)n1. The number of hydrogen-bond donors (Lipinski definition) is 1. The van der Waals surface area contributed by atoms with Crippen molar-refractivity contribution in [3.05, 3.63) is 47.9 Å². The molecule has 1 aromatic carbocycles. The molecule has 3 aromatic rings. The summed E-state index contributed by atoms with van der Waals surface area (Å²) in [6.45, 7) is 5.98. The van der Waals surface area contributed by atoms with Gasteiger partial charge in [-0.05, 0) is 50.3 Å². The fourth-order valence-electron chi connectivity index (χ4n) is 4.93. The number of urea groups is 1. The molecule has 2 bridgehead atoms. The number of aromatic nitrogens is 5. The Balaban J connectivity index is 1.43. The summed E-state index contributed by atoms with van der Waals surface area (Å²) in [7, 11) is 0. The van der Waals surface area contributed by atoms with E-state index in [4.69, 9.17) is 4.52 Å². The second-order valence-corrected chi connectivity index (χ2v) is 8.38. The number of amides is 2. The van der Waals surface area contributed by atoms with Crippen molar-refractivity contribution in [2.75, 3.05) is 5.32 Å². The molecule has 9 nitrogen and oxygen atoms in total. The highest BCUT2D eigenvalue weighted by Crippen LogP contribution is 2.55. The van der Waals surface area contributed by atoms with Crippen LogP contribution in [0, 0.1) is 19.8 Å². The molecule has 1 aliphatic carbocycles. The maximum absolute atomic E-state index is 13.3. The number of aryl methyl sites for hydroxylation is 2. The monoisotopic (exact) mass is 405 g/mol. The minimum Gasteiger partial charge on any atom is -0.337 e. The Hall–Kier alpha value is -3.36. The Morgan fingerprint density at radius 1 is 1.27 bits per heavy atom. The number of rotatable bonds is 3. The number of anilines is 1. The van der Waals surface area contributed by atoms with Crippen molar-refractivity contribution in [2.24, 2.45) is 5.92 Å². The van der Waals surface area contributed by atoms with Crippen LogP contribution in [0.3, 0.4) is 0 Å². The van der Waals surface area contributed by atoms with Gasteiger partial charge in [-0.1, -0.05) is 18.1 Å². The molecular formula is C21H23N7O2. The molecule has 1 N–H and O–H groups in total. The van der Waals surface area contributed by atoms with Gasteiger partial charge in [-0.2, -0.15) is 10.1 Å². The van der Waals surface area contributed by atoms with E-state index in [2.05, 4.69) is 37.6 Å². The molecule has 3 heterocycles. The van der Waals surface area contributed by atoms with E-state index in [0.29, 0.717) is 29.1 Å². The molecule has 154 valence electrons. The summed E-state index contributed by atoms with van der Waals surface area (Å²) in [5, 5.41) is 15.0. The summed E-state index contributed by atoms with van der Waals surface area (Å²) < 4.78 is 5.51. The van der Waals surface area contributed by atoms with Gasteiger partial charge in [0.1, 0.15) is 5.54 Å². The van der Waals surface area contributed by atoms with Crippen molar-refractivity contribution >= 4 is 11.7 Å². The maximum Gasteiger partial charge on any atom is 0.323 e. The fraction of sp³-hybridized carbons (Fsp3) is 0.429. The lowest BCUT2D eigenvalue weighted by Gasteiger charge is -2.61. The zero-order valence-corrected chi connectivity index (χ0v) is 17.2. The lowest BCUT2D eigenvalue weighted by atomic mass is 9.64. The molecule has 0 radical (unpaired) electrons. The normalized spacial score (nSPS) is 25.0. The highest BCUT2D eigenvalue weighted by molar-refractivity contribution is 5.91. The number of nitrogens with zero attached hydrogens (tertiary/aromatic N) is 6. The van der Waals surface area contributed by atoms with Gasteiger partial charge < -0.3 is 14.7 Å². The largest absolute Gasteiger partial charge is 0.337 e.